The van der Waals surface area contributed by atoms with Gasteiger partial charge in [-0.05, 0) is 6.92 Å². The minimum atomic E-state index is -2.88. The van der Waals surface area contributed by atoms with E-state index < -0.39 is 15.1 Å². The molecular formula is C4H11NO2S. The quantitative estimate of drug-likeness (QED) is 0.551. The summed E-state index contributed by atoms with van der Waals surface area (Å²) in [5, 5.41) is -0.400. The van der Waals surface area contributed by atoms with Gasteiger partial charge in [-0.2, -0.15) is 0 Å². The van der Waals surface area contributed by atoms with Crippen LogP contribution in [0.1, 0.15) is 6.92 Å². The number of rotatable bonds is 2. The van der Waals surface area contributed by atoms with Crippen LogP contribution in [0, 0.1) is 0 Å². The molecule has 2 N–H and O–H groups in total. The molecule has 8 heavy (non-hydrogen) atoms. The third kappa shape index (κ3) is 2.28. The van der Waals surface area contributed by atoms with Gasteiger partial charge in [-0.25, -0.2) is 8.42 Å². The van der Waals surface area contributed by atoms with E-state index in [0.717, 1.165) is 0 Å². The Morgan fingerprint density at radius 1 is 1.62 bits per heavy atom. The van der Waals surface area contributed by atoms with E-state index in [1.165, 1.54) is 6.26 Å². The second kappa shape index (κ2) is 2.46. The van der Waals surface area contributed by atoms with Crippen molar-refractivity contribution in [1.29, 1.82) is 0 Å². The number of hydrogen-bond donors (Lipinski definition) is 1. The summed E-state index contributed by atoms with van der Waals surface area (Å²) in [4.78, 5) is 0. The van der Waals surface area contributed by atoms with Gasteiger partial charge in [-0.1, -0.05) is 0 Å². The summed E-state index contributed by atoms with van der Waals surface area (Å²) in [5.41, 5.74) is 5.08. The van der Waals surface area contributed by atoms with Gasteiger partial charge in [-0.15, -0.1) is 0 Å². The van der Waals surface area contributed by atoms with Crippen LogP contribution >= 0.6 is 0 Å². The topological polar surface area (TPSA) is 60.2 Å². The molecule has 1 unspecified atom stereocenters. The van der Waals surface area contributed by atoms with Crippen molar-refractivity contribution in [1.82, 2.24) is 0 Å². The van der Waals surface area contributed by atoms with Crippen molar-refractivity contribution in [2.45, 2.75) is 12.2 Å². The van der Waals surface area contributed by atoms with Crippen molar-refractivity contribution >= 4 is 9.84 Å². The Labute approximate surface area is 49.8 Å². The van der Waals surface area contributed by atoms with Crippen molar-refractivity contribution < 1.29 is 8.42 Å². The first-order valence-corrected chi connectivity index (χ1v) is 4.33. The molecule has 0 aromatic rings. The van der Waals surface area contributed by atoms with Gasteiger partial charge in [0.15, 0.2) is 9.84 Å². The van der Waals surface area contributed by atoms with E-state index in [2.05, 4.69) is 0 Å². The zero-order valence-electron chi connectivity index (χ0n) is 5.09. The highest BCUT2D eigenvalue weighted by Crippen LogP contribution is 1.92. The monoisotopic (exact) mass is 137 g/mol. The highest BCUT2D eigenvalue weighted by atomic mass is 32.2. The highest BCUT2D eigenvalue weighted by Gasteiger charge is 2.10. The van der Waals surface area contributed by atoms with Gasteiger partial charge < -0.3 is 5.73 Å². The van der Waals surface area contributed by atoms with Crippen LogP contribution in [0.4, 0.5) is 0 Å². The van der Waals surface area contributed by atoms with E-state index in [9.17, 15) is 8.42 Å². The predicted octanol–water partition coefficient (Wildman–Crippen LogP) is -0.622. The van der Waals surface area contributed by atoms with Crippen LogP contribution in [0.3, 0.4) is 0 Å². The molecule has 50 valence electrons. The van der Waals surface area contributed by atoms with Gasteiger partial charge in [0.2, 0.25) is 0 Å². The Balaban J connectivity index is 4.04. The summed E-state index contributed by atoms with van der Waals surface area (Å²) in [6.45, 7) is 1.80. The summed E-state index contributed by atoms with van der Waals surface area (Å²) in [6.07, 6.45) is 1.19. The van der Waals surface area contributed by atoms with Crippen LogP contribution < -0.4 is 5.73 Å². The molecule has 0 aliphatic carbocycles. The van der Waals surface area contributed by atoms with Crippen molar-refractivity contribution in [2.75, 3.05) is 12.8 Å². The van der Waals surface area contributed by atoms with E-state index in [1.807, 2.05) is 0 Å². The van der Waals surface area contributed by atoms with Crippen molar-refractivity contribution in [2.24, 2.45) is 5.73 Å². The van der Waals surface area contributed by atoms with E-state index in [0.29, 0.717) is 0 Å². The molecule has 0 aromatic heterocycles. The molecule has 0 saturated carbocycles. The molecule has 0 aromatic carbocycles. The lowest BCUT2D eigenvalue weighted by atomic mass is 10.5. The highest BCUT2D eigenvalue weighted by molar-refractivity contribution is 7.91. The lowest BCUT2D eigenvalue weighted by Crippen LogP contribution is -2.25. The standard InChI is InChI=1S/C4H11NO2S/c1-4(3-5)8(2,6)7/h4H,3,5H2,1-2H3. The Hall–Kier alpha value is -0.0900. The Bertz CT molecular complexity index is 149. The summed E-state index contributed by atoms with van der Waals surface area (Å²) >= 11 is 0. The van der Waals surface area contributed by atoms with Crippen LogP contribution in [-0.4, -0.2) is 26.5 Å². The number of sulfone groups is 1. The molecule has 4 heteroatoms. The van der Waals surface area contributed by atoms with Crippen LogP contribution in [0.15, 0.2) is 0 Å². The first kappa shape index (κ1) is 7.91. The summed E-state index contributed by atoms with van der Waals surface area (Å²) < 4.78 is 21.0. The van der Waals surface area contributed by atoms with Gasteiger partial charge in [0.1, 0.15) is 0 Å². The minimum absolute atomic E-state index is 0.207. The number of nitrogens with two attached hydrogens (primary N) is 1. The van der Waals surface area contributed by atoms with Gasteiger partial charge in [0.05, 0.1) is 5.25 Å². The molecule has 1 atom stereocenters. The molecule has 0 saturated heterocycles. The average molecular weight is 137 g/mol. The van der Waals surface area contributed by atoms with Gasteiger partial charge in [-0.3, -0.25) is 0 Å². The Morgan fingerprint density at radius 3 is 2.00 bits per heavy atom. The normalized spacial score (nSPS) is 15.9. The van der Waals surface area contributed by atoms with E-state index >= 15 is 0 Å². The fourth-order valence-corrected chi connectivity index (χ4v) is 0.524. The molecule has 3 nitrogen and oxygen atoms in total. The van der Waals surface area contributed by atoms with Crippen LogP contribution in [-0.2, 0) is 9.84 Å². The lowest BCUT2D eigenvalue weighted by Gasteiger charge is -2.02. The zero-order valence-corrected chi connectivity index (χ0v) is 5.90. The Kier molecular flexibility index (Phi) is 2.43. The fraction of sp³-hybridized carbons (Fsp3) is 1.00. The van der Waals surface area contributed by atoms with Gasteiger partial charge in [0.25, 0.3) is 0 Å². The van der Waals surface area contributed by atoms with Crippen LogP contribution in [0.25, 0.3) is 0 Å². The zero-order chi connectivity index (χ0) is 6.78. The maximum atomic E-state index is 10.5. The predicted molar refractivity (Wildman–Crippen MR) is 33.4 cm³/mol. The second-order valence-electron chi connectivity index (χ2n) is 1.88. The summed E-state index contributed by atoms with van der Waals surface area (Å²) in [6, 6.07) is 0. The third-order valence-corrected chi connectivity index (χ3v) is 2.72. The molecule has 0 bridgehead atoms. The van der Waals surface area contributed by atoms with E-state index in [1.54, 1.807) is 6.92 Å². The SMILES string of the molecule is CC(CN)S(C)(=O)=O. The summed E-state index contributed by atoms with van der Waals surface area (Å²) in [7, 11) is -2.88. The van der Waals surface area contributed by atoms with Crippen molar-refractivity contribution in [3.8, 4) is 0 Å². The number of hydrogen-bond acceptors (Lipinski definition) is 3. The molecule has 0 radical (unpaired) electrons. The van der Waals surface area contributed by atoms with Crippen molar-refractivity contribution in [3.63, 3.8) is 0 Å². The molecule has 0 aliphatic rings. The molecule has 0 rings (SSSR count). The Morgan fingerprint density at radius 2 is 2.00 bits per heavy atom. The third-order valence-electron chi connectivity index (χ3n) is 1.06. The van der Waals surface area contributed by atoms with Crippen molar-refractivity contribution in [3.05, 3.63) is 0 Å². The van der Waals surface area contributed by atoms with Crippen LogP contribution in [0.2, 0.25) is 0 Å². The first-order valence-electron chi connectivity index (χ1n) is 2.37. The van der Waals surface area contributed by atoms with Gasteiger partial charge >= 0.3 is 0 Å². The second-order valence-corrected chi connectivity index (χ2v) is 4.34. The minimum Gasteiger partial charge on any atom is -0.329 e. The van der Waals surface area contributed by atoms with Crippen LogP contribution in [0.5, 0.6) is 0 Å². The fourth-order valence-electron chi connectivity index (χ4n) is 0.175. The molecule has 0 fully saturated rings. The molecule has 0 spiro atoms. The van der Waals surface area contributed by atoms with E-state index in [4.69, 9.17) is 5.73 Å². The average Bonchev–Trinajstić information content (AvgIpc) is 1.62. The summed E-state index contributed by atoms with van der Waals surface area (Å²) in [5.74, 6) is 0. The largest absolute Gasteiger partial charge is 0.329 e. The maximum absolute atomic E-state index is 10.5. The van der Waals surface area contributed by atoms with E-state index in [-0.39, 0.29) is 6.54 Å². The van der Waals surface area contributed by atoms with Gasteiger partial charge in [0, 0.05) is 12.8 Å². The molecule has 0 amide bonds. The first-order chi connectivity index (χ1) is 3.48. The molecular weight excluding hydrogens is 126 g/mol. The molecule has 0 heterocycles. The maximum Gasteiger partial charge on any atom is 0.151 e. The smallest absolute Gasteiger partial charge is 0.151 e. The molecule has 0 aliphatic heterocycles. The lowest BCUT2D eigenvalue weighted by molar-refractivity contribution is 0.590.